The lowest BCUT2D eigenvalue weighted by atomic mass is 9.96. The Morgan fingerprint density at radius 2 is 1.57 bits per heavy atom. The summed E-state index contributed by atoms with van der Waals surface area (Å²) >= 11 is 0. The molecule has 1 aliphatic rings. The van der Waals surface area contributed by atoms with Gasteiger partial charge in [0.15, 0.2) is 0 Å². The summed E-state index contributed by atoms with van der Waals surface area (Å²) in [5.74, 6) is -0.306. The molecule has 35 heavy (non-hydrogen) atoms. The van der Waals surface area contributed by atoms with Crippen molar-refractivity contribution in [3.63, 3.8) is 0 Å². The van der Waals surface area contributed by atoms with Crippen LogP contribution >= 0.6 is 0 Å². The Hall–Kier alpha value is -4.26. The molecule has 0 fully saturated rings. The van der Waals surface area contributed by atoms with Crippen LogP contribution in [0.1, 0.15) is 52.7 Å². The van der Waals surface area contributed by atoms with Gasteiger partial charge in [-0.05, 0) is 61.2 Å². The van der Waals surface area contributed by atoms with Gasteiger partial charge in [0.05, 0.1) is 5.52 Å². The van der Waals surface area contributed by atoms with Crippen molar-refractivity contribution >= 4 is 28.7 Å². The van der Waals surface area contributed by atoms with Crippen molar-refractivity contribution in [2.75, 3.05) is 5.73 Å². The quantitative estimate of drug-likeness (QED) is 0.462. The first-order valence-electron chi connectivity index (χ1n) is 11.5. The molecular weight excluding hydrogens is 438 g/mol. The van der Waals surface area contributed by atoms with Gasteiger partial charge in [-0.2, -0.15) is 0 Å². The molecule has 2 heterocycles. The average molecular weight is 466 g/mol. The van der Waals surface area contributed by atoms with Crippen molar-refractivity contribution in [2.24, 2.45) is 0 Å². The molecule has 1 aromatic heterocycles. The second-order valence-corrected chi connectivity index (χ2v) is 9.84. The fourth-order valence-corrected chi connectivity index (χ4v) is 4.44. The summed E-state index contributed by atoms with van der Waals surface area (Å²) in [6.45, 7) is 6.88. The molecule has 3 N–H and O–H groups in total. The SMILES string of the molecule is CC(C)(C)NC(=O)c1ccccc1-c1ccc2nc(N)nc(C(=O)N3Cc4ccccc4C3)c2c1. The van der Waals surface area contributed by atoms with Crippen molar-refractivity contribution in [3.05, 3.63) is 89.1 Å². The van der Waals surface area contributed by atoms with Gasteiger partial charge in [-0.3, -0.25) is 9.59 Å². The Kier molecular flexibility index (Phi) is 5.47. The van der Waals surface area contributed by atoms with E-state index in [0.717, 1.165) is 22.3 Å². The number of rotatable bonds is 3. The van der Waals surface area contributed by atoms with Gasteiger partial charge in [0.25, 0.3) is 11.8 Å². The highest BCUT2D eigenvalue weighted by Gasteiger charge is 2.27. The van der Waals surface area contributed by atoms with Crippen molar-refractivity contribution in [3.8, 4) is 11.1 Å². The topological polar surface area (TPSA) is 101 Å². The van der Waals surface area contributed by atoms with E-state index in [-0.39, 0.29) is 29.0 Å². The van der Waals surface area contributed by atoms with Crippen LogP contribution in [0.25, 0.3) is 22.0 Å². The van der Waals surface area contributed by atoms with Crippen LogP contribution in [0.4, 0.5) is 5.95 Å². The van der Waals surface area contributed by atoms with Gasteiger partial charge in [-0.15, -0.1) is 0 Å². The van der Waals surface area contributed by atoms with E-state index in [1.165, 1.54) is 0 Å². The number of aromatic nitrogens is 2. The lowest BCUT2D eigenvalue weighted by Gasteiger charge is -2.21. The number of amides is 2. The van der Waals surface area contributed by atoms with E-state index in [4.69, 9.17) is 5.73 Å². The monoisotopic (exact) mass is 465 g/mol. The number of fused-ring (bicyclic) bond motifs is 2. The highest BCUT2D eigenvalue weighted by atomic mass is 16.2. The normalized spacial score (nSPS) is 13.1. The van der Waals surface area contributed by atoms with E-state index >= 15 is 0 Å². The molecule has 7 nitrogen and oxygen atoms in total. The average Bonchev–Trinajstić information content (AvgIpc) is 3.26. The Morgan fingerprint density at radius 1 is 0.914 bits per heavy atom. The van der Waals surface area contributed by atoms with Gasteiger partial charge in [0.1, 0.15) is 5.69 Å². The van der Waals surface area contributed by atoms with Crippen LogP contribution in [0, 0.1) is 0 Å². The largest absolute Gasteiger partial charge is 0.368 e. The number of nitrogen functional groups attached to an aromatic ring is 1. The molecule has 0 saturated carbocycles. The van der Waals surface area contributed by atoms with Crippen LogP contribution in [0.15, 0.2) is 66.7 Å². The maximum absolute atomic E-state index is 13.6. The summed E-state index contributed by atoms with van der Waals surface area (Å²) in [5.41, 5.74) is 10.8. The Labute approximate surface area is 204 Å². The van der Waals surface area contributed by atoms with E-state index in [0.29, 0.717) is 29.6 Å². The molecule has 5 rings (SSSR count). The minimum Gasteiger partial charge on any atom is -0.368 e. The molecule has 176 valence electrons. The standard InChI is InChI=1S/C28H27N5O2/c1-28(2,3)32-25(34)21-11-7-6-10-20(21)17-12-13-23-22(14-17)24(31-27(29)30-23)26(35)33-15-18-8-4-5-9-19(18)16-33/h4-14H,15-16H2,1-3H3,(H,32,34)(H2,29,30,31). The number of carbonyl (C=O) groups is 2. The summed E-state index contributed by atoms with van der Waals surface area (Å²) in [7, 11) is 0. The number of nitrogens with two attached hydrogens (primary N) is 1. The minimum atomic E-state index is -0.369. The zero-order valence-corrected chi connectivity index (χ0v) is 20.0. The first-order valence-corrected chi connectivity index (χ1v) is 11.5. The molecule has 0 bridgehead atoms. The van der Waals surface area contributed by atoms with Gasteiger partial charge in [-0.25, -0.2) is 9.97 Å². The first kappa shape index (κ1) is 22.5. The molecule has 2 amide bonds. The highest BCUT2D eigenvalue weighted by Crippen LogP contribution is 2.30. The molecule has 0 aliphatic carbocycles. The smallest absolute Gasteiger partial charge is 0.273 e. The van der Waals surface area contributed by atoms with Crippen LogP contribution in [0.3, 0.4) is 0 Å². The van der Waals surface area contributed by atoms with Gasteiger partial charge in [-0.1, -0.05) is 48.5 Å². The third-order valence-electron chi connectivity index (χ3n) is 6.01. The predicted octanol–water partition coefficient (Wildman–Crippen LogP) is 4.56. The van der Waals surface area contributed by atoms with Gasteiger partial charge in [0.2, 0.25) is 5.95 Å². The zero-order valence-electron chi connectivity index (χ0n) is 20.0. The molecule has 0 radical (unpaired) electrons. The van der Waals surface area contributed by atoms with Crippen molar-refractivity contribution in [1.82, 2.24) is 20.2 Å². The van der Waals surface area contributed by atoms with E-state index < -0.39 is 0 Å². The summed E-state index contributed by atoms with van der Waals surface area (Å²) in [4.78, 5) is 37.0. The van der Waals surface area contributed by atoms with Crippen molar-refractivity contribution < 1.29 is 9.59 Å². The summed E-state index contributed by atoms with van der Waals surface area (Å²) in [6, 6.07) is 21.0. The molecular formula is C28H27N5O2. The van der Waals surface area contributed by atoms with Crippen molar-refractivity contribution in [2.45, 2.75) is 39.4 Å². The van der Waals surface area contributed by atoms with Crippen LogP contribution in [0.2, 0.25) is 0 Å². The summed E-state index contributed by atoms with van der Waals surface area (Å²) in [6.07, 6.45) is 0. The zero-order chi connectivity index (χ0) is 24.7. The molecule has 0 atom stereocenters. The number of hydrogen-bond acceptors (Lipinski definition) is 5. The Morgan fingerprint density at radius 3 is 2.26 bits per heavy atom. The Balaban J connectivity index is 1.57. The van der Waals surface area contributed by atoms with Crippen LogP contribution in [-0.2, 0) is 13.1 Å². The maximum Gasteiger partial charge on any atom is 0.273 e. The molecule has 0 saturated heterocycles. The van der Waals surface area contributed by atoms with Gasteiger partial charge in [0, 0.05) is 29.6 Å². The number of anilines is 1. The number of nitrogens with zero attached hydrogens (tertiary/aromatic N) is 3. The van der Waals surface area contributed by atoms with Gasteiger partial charge < -0.3 is 16.0 Å². The molecule has 0 unspecified atom stereocenters. The summed E-state index contributed by atoms with van der Waals surface area (Å²) < 4.78 is 0. The number of hydrogen-bond donors (Lipinski definition) is 2. The first-order chi connectivity index (χ1) is 16.7. The van der Waals surface area contributed by atoms with Crippen LogP contribution in [0.5, 0.6) is 0 Å². The molecule has 0 spiro atoms. The van der Waals surface area contributed by atoms with Crippen molar-refractivity contribution in [1.29, 1.82) is 0 Å². The Bertz CT molecular complexity index is 1450. The van der Waals surface area contributed by atoms with E-state index in [2.05, 4.69) is 15.3 Å². The molecule has 1 aliphatic heterocycles. The van der Waals surface area contributed by atoms with E-state index in [9.17, 15) is 9.59 Å². The predicted molar refractivity (Wildman–Crippen MR) is 137 cm³/mol. The molecule has 3 aromatic carbocycles. The summed E-state index contributed by atoms with van der Waals surface area (Å²) in [5, 5.41) is 3.63. The third kappa shape index (κ3) is 4.45. The number of nitrogens with one attached hydrogen (secondary N) is 1. The highest BCUT2D eigenvalue weighted by molar-refractivity contribution is 6.07. The van der Waals surface area contributed by atoms with E-state index in [1.54, 1.807) is 11.0 Å². The maximum atomic E-state index is 13.6. The molecule has 7 heteroatoms. The fourth-order valence-electron chi connectivity index (χ4n) is 4.44. The lowest BCUT2D eigenvalue weighted by molar-refractivity contribution is 0.0747. The van der Waals surface area contributed by atoms with Crippen LogP contribution < -0.4 is 11.1 Å². The fraction of sp³-hybridized carbons (Fsp3) is 0.214. The minimum absolute atomic E-state index is 0.0512. The molecule has 4 aromatic rings. The second-order valence-electron chi connectivity index (χ2n) is 9.84. The number of benzene rings is 3. The number of carbonyl (C=O) groups excluding carboxylic acids is 2. The van der Waals surface area contributed by atoms with Crippen LogP contribution in [-0.4, -0.2) is 32.2 Å². The second kappa shape index (κ2) is 8.51. The lowest BCUT2D eigenvalue weighted by Crippen LogP contribution is -2.40. The van der Waals surface area contributed by atoms with Gasteiger partial charge >= 0.3 is 0 Å². The third-order valence-corrected chi connectivity index (χ3v) is 6.01. The van der Waals surface area contributed by atoms with E-state index in [1.807, 2.05) is 81.4 Å².